The molecule has 8 nitrogen and oxygen atoms in total. The molecule has 2 aromatic carbocycles. The van der Waals surface area contributed by atoms with Gasteiger partial charge in [0, 0.05) is 12.1 Å². The molecule has 0 saturated carbocycles. The Kier molecular flexibility index (Phi) is 6.89. The van der Waals surface area contributed by atoms with E-state index in [4.69, 9.17) is 30.5 Å². The van der Waals surface area contributed by atoms with Crippen LogP contribution in [0.3, 0.4) is 0 Å². The molecule has 0 aliphatic carbocycles. The molecule has 1 amide bonds. The van der Waals surface area contributed by atoms with E-state index in [2.05, 4.69) is 10.6 Å². The van der Waals surface area contributed by atoms with Crippen LogP contribution < -0.4 is 24.8 Å². The van der Waals surface area contributed by atoms with Crippen LogP contribution in [0.1, 0.15) is 24.2 Å². The summed E-state index contributed by atoms with van der Waals surface area (Å²) in [6.45, 7) is 4.57. The fourth-order valence-corrected chi connectivity index (χ4v) is 3.00. The van der Waals surface area contributed by atoms with Gasteiger partial charge in [0.2, 0.25) is 5.91 Å². The van der Waals surface area contributed by atoms with Crippen LogP contribution in [0, 0.1) is 0 Å². The molecule has 0 bridgehead atoms. The number of fused-ring (bicyclic) bond motifs is 1. The van der Waals surface area contributed by atoms with Gasteiger partial charge >= 0.3 is 5.97 Å². The highest BCUT2D eigenvalue weighted by Gasteiger charge is 2.17. The molecule has 1 aliphatic rings. The molecule has 1 aliphatic heterocycles. The standard InChI is InChI=1S/C21H23ClN2O6/c1-12(2)30-17-5-4-13(21(26)27-3)8-16(17)23-11-20(25)24-15-10-19-18(9-14(15)22)28-6-7-29-19/h4-5,8-10,12,23H,6-7,11H2,1-3H3,(H,24,25). The summed E-state index contributed by atoms with van der Waals surface area (Å²) in [5, 5.41) is 6.07. The number of nitrogens with one attached hydrogen (secondary N) is 2. The van der Waals surface area contributed by atoms with E-state index in [1.165, 1.54) is 7.11 Å². The third-order valence-corrected chi connectivity index (χ3v) is 4.42. The van der Waals surface area contributed by atoms with E-state index in [1.54, 1.807) is 30.3 Å². The van der Waals surface area contributed by atoms with Gasteiger partial charge in [0.25, 0.3) is 0 Å². The Labute approximate surface area is 179 Å². The molecule has 0 aromatic heterocycles. The SMILES string of the molecule is COC(=O)c1ccc(OC(C)C)c(NCC(=O)Nc2cc3c(cc2Cl)OCCO3)c1. The van der Waals surface area contributed by atoms with Crippen LogP contribution in [0.5, 0.6) is 17.2 Å². The molecule has 30 heavy (non-hydrogen) atoms. The zero-order valence-electron chi connectivity index (χ0n) is 16.9. The molecule has 3 rings (SSSR count). The quantitative estimate of drug-likeness (QED) is 0.641. The van der Waals surface area contributed by atoms with Gasteiger partial charge in [-0.15, -0.1) is 0 Å². The van der Waals surface area contributed by atoms with Gasteiger partial charge in [-0.2, -0.15) is 0 Å². The van der Waals surface area contributed by atoms with E-state index in [0.717, 1.165) is 0 Å². The lowest BCUT2D eigenvalue weighted by molar-refractivity contribution is -0.114. The molecule has 2 N–H and O–H groups in total. The summed E-state index contributed by atoms with van der Waals surface area (Å²) < 4.78 is 21.5. The minimum Gasteiger partial charge on any atom is -0.489 e. The number of hydrogen-bond donors (Lipinski definition) is 2. The number of carbonyl (C=O) groups excluding carboxylic acids is 2. The maximum Gasteiger partial charge on any atom is 0.337 e. The fourth-order valence-electron chi connectivity index (χ4n) is 2.80. The number of ether oxygens (including phenoxy) is 4. The first-order valence-corrected chi connectivity index (χ1v) is 9.77. The molecule has 160 valence electrons. The maximum absolute atomic E-state index is 12.5. The van der Waals surface area contributed by atoms with Crippen molar-refractivity contribution in [1.29, 1.82) is 0 Å². The van der Waals surface area contributed by atoms with Crippen molar-refractivity contribution in [2.24, 2.45) is 0 Å². The van der Waals surface area contributed by atoms with Crippen molar-refractivity contribution in [3.63, 3.8) is 0 Å². The first-order valence-electron chi connectivity index (χ1n) is 9.39. The van der Waals surface area contributed by atoms with Crippen molar-refractivity contribution in [3.05, 3.63) is 40.9 Å². The van der Waals surface area contributed by atoms with Gasteiger partial charge in [-0.1, -0.05) is 11.6 Å². The smallest absolute Gasteiger partial charge is 0.337 e. The van der Waals surface area contributed by atoms with E-state index in [1.807, 2.05) is 13.8 Å². The lowest BCUT2D eigenvalue weighted by Crippen LogP contribution is -2.23. The Bertz CT molecular complexity index is 947. The number of anilines is 2. The lowest BCUT2D eigenvalue weighted by Gasteiger charge is -2.20. The number of esters is 1. The molecule has 0 spiro atoms. The Balaban J connectivity index is 1.71. The van der Waals surface area contributed by atoms with Crippen LogP contribution in [0.2, 0.25) is 5.02 Å². The van der Waals surface area contributed by atoms with E-state index < -0.39 is 5.97 Å². The molecule has 1 heterocycles. The zero-order chi connectivity index (χ0) is 21.7. The summed E-state index contributed by atoms with van der Waals surface area (Å²) in [6.07, 6.45) is -0.0834. The van der Waals surface area contributed by atoms with Crippen LogP contribution in [-0.2, 0) is 9.53 Å². The predicted octanol–water partition coefficient (Wildman–Crippen LogP) is 3.74. The average molecular weight is 435 g/mol. The van der Waals surface area contributed by atoms with Gasteiger partial charge in [0.1, 0.15) is 19.0 Å². The van der Waals surface area contributed by atoms with E-state index in [0.29, 0.717) is 52.4 Å². The summed E-state index contributed by atoms with van der Waals surface area (Å²) in [4.78, 5) is 24.3. The van der Waals surface area contributed by atoms with Crippen molar-refractivity contribution in [1.82, 2.24) is 0 Å². The van der Waals surface area contributed by atoms with Crippen LogP contribution in [0.15, 0.2) is 30.3 Å². The fraction of sp³-hybridized carbons (Fsp3) is 0.333. The number of rotatable bonds is 7. The summed E-state index contributed by atoms with van der Waals surface area (Å²) >= 11 is 6.23. The summed E-state index contributed by atoms with van der Waals surface area (Å²) in [7, 11) is 1.30. The van der Waals surface area contributed by atoms with E-state index >= 15 is 0 Å². The second-order valence-electron chi connectivity index (χ2n) is 6.75. The molecular formula is C21H23ClN2O6. The van der Waals surface area contributed by atoms with Crippen LogP contribution in [0.4, 0.5) is 11.4 Å². The average Bonchev–Trinajstić information content (AvgIpc) is 2.72. The number of methoxy groups -OCH3 is 1. The van der Waals surface area contributed by atoms with Crippen molar-refractivity contribution >= 4 is 34.9 Å². The molecule has 0 radical (unpaired) electrons. The predicted molar refractivity (Wildman–Crippen MR) is 113 cm³/mol. The normalized spacial score (nSPS) is 12.3. The molecule has 2 aromatic rings. The summed E-state index contributed by atoms with van der Waals surface area (Å²) in [5.74, 6) is 0.752. The second kappa shape index (κ2) is 9.58. The minimum absolute atomic E-state index is 0.0795. The molecule has 0 saturated heterocycles. The van der Waals surface area contributed by atoms with E-state index in [9.17, 15) is 9.59 Å². The first kappa shape index (κ1) is 21.6. The maximum atomic E-state index is 12.5. The van der Waals surface area contributed by atoms with Crippen LogP contribution in [-0.4, -0.2) is 44.8 Å². The number of carbonyl (C=O) groups is 2. The highest BCUT2D eigenvalue weighted by molar-refractivity contribution is 6.34. The number of halogens is 1. The van der Waals surface area contributed by atoms with Gasteiger partial charge in [0.05, 0.1) is 41.7 Å². The van der Waals surface area contributed by atoms with Gasteiger partial charge in [0.15, 0.2) is 11.5 Å². The Morgan fingerprint density at radius 1 is 1.10 bits per heavy atom. The number of hydrogen-bond acceptors (Lipinski definition) is 7. The van der Waals surface area contributed by atoms with Gasteiger partial charge in [-0.05, 0) is 32.0 Å². The highest BCUT2D eigenvalue weighted by atomic mass is 35.5. The van der Waals surface area contributed by atoms with Crippen molar-refractivity contribution in [3.8, 4) is 17.2 Å². The Hall–Kier alpha value is -3.13. The third kappa shape index (κ3) is 5.27. The molecule has 0 unspecified atom stereocenters. The van der Waals surface area contributed by atoms with Crippen LogP contribution >= 0.6 is 11.6 Å². The van der Waals surface area contributed by atoms with Gasteiger partial charge in [-0.3, -0.25) is 4.79 Å². The van der Waals surface area contributed by atoms with Crippen molar-refractivity contribution < 1.29 is 28.5 Å². The first-order chi connectivity index (χ1) is 14.4. The largest absolute Gasteiger partial charge is 0.489 e. The van der Waals surface area contributed by atoms with Gasteiger partial charge < -0.3 is 29.6 Å². The third-order valence-electron chi connectivity index (χ3n) is 4.11. The zero-order valence-corrected chi connectivity index (χ0v) is 17.7. The van der Waals surface area contributed by atoms with Crippen molar-refractivity contribution in [2.45, 2.75) is 20.0 Å². The minimum atomic E-state index is -0.485. The Morgan fingerprint density at radius 3 is 2.47 bits per heavy atom. The van der Waals surface area contributed by atoms with Crippen molar-refractivity contribution in [2.75, 3.05) is 37.5 Å². The summed E-state index contributed by atoms with van der Waals surface area (Å²) in [5.41, 5.74) is 1.25. The highest BCUT2D eigenvalue weighted by Crippen LogP contribution is 2.38. The molecular weight excluding hydrogens is 412 g/mol. The van der Waals surface area contributed by atoms with Gasteiger partial charge in [-0.25, -0.2) is 4.79 Å². The summed E-state index contributed by atoms with van der Waals surface area (Å²) in [6, 6.07) is 8.06. The Morgan fingerprint density at radius 2 is 1.80 bits per heavy atom. The monoisotopic (exact) mass is 434 g/mol. The van der Waals surface area contributed by atoms with E-state index in [-0.39, 0.29) is 18.6 Å². The van der Waals surface area contributed by atoms with Crippen LogP contribution in [0.25, 0.3) is 0 Å². The number of benzene rings is 2. The second-order valence-corrected chi connectivity index (χ2v) is 7.15. The number of amides is 1. The lowest BCUT2D eigenvalue weighted by atomic mass is 10.2. The molecule has 0 fully saturated rings. The molecule has 0 atom stereocenters. The molecule has 9 heteroatoms. The topological polar surface area (TPSA) is 95.1 Å².